The van der Waals surface area contributed by atoms with E-state index in [0.29, 0.717) is 17.5 Å². The molecule has 3 atom stereocenters. The lowest BCUT2D eigenvalue weighted by Crippen LogP contribution is -2.12. The van der Waals surface area contributed by atoms with E-state index in [1.807, 2.05) is 0 Å². The average molecular weight is 372 g/mol. The number of alkyl halides is 5. The molecule has 0 radical (unpaired) electrons. The quantitative estimate of drug-likeness (QED) is 0.813. The van der Waals surface area contributed by atoms with Crippen LogP contribution in [0.25, 0.3) is 11.3 Å². The van der Waals surface area contributed by atoms with Gasteiger partial charge in [-0.1, -0.05) is 6.42 Å². The number of nitrogens with zero attached hydrogens (tertiary/aromatic N) is 3. The van der Waals surface area contributed by atoms with E-state index >= 15 is 0 Å². The monoisotopic (exact) mass is 372 g/mol. The highest BCUT2D eigenvalue weighted by Crippen LogP contribution is 2.63. The molecule has 2 aromatic rings. The van der Waals surface area contributed by atoms with Gasteiger partial charge in [0.05, 0.1) is 11.3 Å². The number of fused-ring (bicyclic) bond motifs is 1. The number of rotatable bonds is 4. The number of pyridine rings is 1. The highest BCUT2D eigenvalue weighted by Gasteiger charge is 2.54. The van der Waals surface area contributed by atoms with Gasteiger partial charge < -0.3 is 5.73 Å². The number of aromatic nitrogens is 3. The second kappa shape index (κ2) is 5.92. The molecule has 140 valence electrons. The summed E-state index contributed by atoms with van der Waals surface area (Å²) in [6.45, 7) is -0.570. The summed E-state index contributed by atoms with van der Waals surface area (Å²) in [4.78, 5) is 3.60. The van der Waals surface area contributed by atoms with Crippen molar-refractivity contribution in [3.05, 3.63) is 29.6 Å². The molecule has 26 heavy (non-hydrogen) atoms. The summed E-state index contributed by atoms with van der Waals surface area (Å²) in [5.41, 5.74) is 5.28. The van der Waals surface area contributed by atoms with Crippen molar-refractivity contribution in [3.8, 4) is 11.3 Å². The molecule has 9 heteroatoms. The standard InChI is InChI=1S/C17H17F5N4/c18-14(19)7-26-13(15-9-2-1-3-10(9)15)5-12(25-26)8-4-11(17(20,21)22)16(23)24-6-8/h4-6,9-10,14-15H,1-3,7H2,(H2,23,24)/t9-,10+,15+. The van der Waals surface area contributed by atoms with Crippen molar-refractivity contribution >= 4 is 5.82 Å². The van der Waals surface area contributed by atoms with Crippen molar-refractivity contribution in [1.82, 2.24) is 14.8 Å². The number of halogens is 5. The normalized spacial score (nSPS) is 24.9. The topological polar surface area (TPSA) is 56.7 Å². The van der Waals surface area contributed by atoms with Gasteiger partial charge in [-0.15, -0.1) is 0 Å². The Morgan fingerprint density at radius 3 is 2.50 bits per heavy atom. The third-order valence-corrected chi connectivity index (χ3v) is 5.39. The molecule has 2 fully saturated rings. The van der Waals surface area contributed by atoms with E-state index in [1.54, 1.807) is 6.07 Å². The van der Waals surface area contributed by atoms with Gasteiger partial charge in [-0.3, -0.25) is 4.68 Å². The molecule has 4 rings (SSSR count). The van der Waals surface area contributed by atoms with Crippen LogP contribution in [0.4, 0.5) is 27.8 Å². The fourth-order valence-corrected chi connectivity index (χ4v) is 4.22. The van der Waals surface area contributed by atoms with Crippen LogP contribution in [0.5, 0.6) is 0 Å². The third-order valence-electron chi connectivity index (χ3n) is 5.39. The first-order valence-electron chi connectivity index (χ1n) is 8.44. The van der Waals surface area contributed by atoms with E-state index in [1.165, 1.54) is 10.9 Å². The van der Waals surface area contributed by atoms with Crippen LogP contribution in [-0.2, 0) is 12.7 Å². The Morgan fingerprint density at radius 2 is 1.88 bits per heavy atom. The summed E-state index contributed by atoms with van der Waals surface area (Å²) >= 11 is 0. The van der Waals surface area contributed by atoms with Crippen molar-refractivity contribution in [2.75, 3.05) is 5.73 Å². The van der Waals surface area contributed by atoms with Gasteiger partial charge in [0.25, 0.3) is 6.43 Å². The highest BCUT2D eigenvalue weighted by molar-refractivity contribution is 5.63. The number of hydrogen-bond acceptors (Lipinski definition) is 3. The highest BCUT2D eigenvalue weighted by atomic mass is 19.4. The first kappa shape index (κ1) is 17.2. The van der Waals surface area contributed by atoms with Gasteiger partial charge in [-0.2, -0.15) is 18.3 Å². The Kier molecular flexibility index (Phi) is 3.92. The van der Waals surface area contributed by atoms with E-state index in [0.717, 1.165) is 25.3 Å². The van der Waals surface area contributed by atoms with Crippen LogP contribution < -0.4 is 5.73 Å². The second-order valence-corrected chi connectivity index (χ2v) is 6.97. The summed E-state index contributed by atoms with van der Waals surface area (Å²) in [5.74, 6) is 0.510. The third kappa shape index (κ3) is 2.93. The molecule has 0 unspecified atom stereocenters. The molecule has 0 aromatic carbocycles. The lowest BCUT2D eigenvalue weighted by molar-refractivity contribution is -0.137. The fourth-order valence-electron chi connectivity index (χ4n) is 4.22. The molecule has 0 aliphatic heterocycles. The smallest absolute Gasteiger partial charge is 0.383 e. The van der Waals surface area contributed by atoms with Crippen LogP contribution in [0.1, 0.15) is 36.4 Å². The maximum Gasteiger partial charge on any atom is 0.419 e. The number of nitrogen functional groups attached to an aromatic ring is 1. The van der Waals surface area contributed by atoms with Gasteiger partial charge in [0.2, 0.25) is 0 Å². The molecule has 4 nitrogen and oxygen atoms in total. The van der Waals surface area contributed by atoms with Gasteiger partial charge in [0.15, 0.2) is 0 Å². The zero-order chi connectivity index (χ0) is 18.6. The summed E-state index contributed by atoms with van der Waals surface area (Å²) in [7, 11) is 0. The zero-order valence-electron chi connectivity index (χ0n) is 13.7. The molecular weight excluding hydrogens is 355 g/mol. The minimum Gasteiger partial charge on any atom is -0.383 e. The van der Waals surface area contributed by atoms with E-state index in [2.05, 4.69) is 10.1 Å². The van der Waals surface area contributed by atoms with Crippen LogP contribution in [0.2, 0.25) is 0 Å². The maximum absolute atomic E-state index is 13.1. The first-order valence-corrected chi connectivity index (χ1v) is 8.44. The van der Waals surface area contributed by atoms with Crippen molar-refractivity contribution in [1.29, 1.82) is 0 Å². The van der Waals surface area contributed by atoms with E-state index < -0.39 is 30.5 Å². The van der Waals surface area contributed by atoms with Crippen LogP contribution >= 0.6 is 0 Å². The van der Waals surface area contributed by atoms with Crippen LogP contribution in [0, 0.1) is 11.8 Å². The Labute approximate surface area is 146 Å². The van der Waals surface area contributed by atoms with Crippen LogP contribution in [0.15, 0.2) is 18.3 Å². The Balaban J connectivity index is 1.72. The van der Waals surface area contributed by atoms with E-state index in [-0.39, 0.29) is 17.2 Å². The van der Waals surface area contributed by atoms with Gasteiger partial charge in [-0.05, 0) is 36.8 Å². The van der Waals surface area contributed by atoms with Gasteiger partial charge in [0.1, 0.15) is 12.4 Å². The summed E-state index contributed by atoms with van der Waals surface area (Å²) in [5, 5.41) is 4.15. The number of anilines is 1. The predicted octanol–water partition coefficient (Wildman–Crippen LogP) is 4.32. The van der Waals surface area contributed by atoms with Crippen LogP contribution in [0.3, 0.4) is 0 Å². The van der Waals surface area contributed by atoms with Gasteiger partial charge in [-0.25, -0.2) is 13.8 Å². The van der Waals surface area contributed by atoms with Crippen molar-refractivity contribution in [2.24, 2.45) is 11.8 Å². The molecular formula is C17H17F5N4. The number of hydrogen-bond donors (Lipinski definition) is 1. The Hall–Kier alpha value is -2.19. The molecule has 0 amide bonds. The predicted molar refractivity (Wildman–Crippen MR) is 84.4 cm³/mol. The minimum absolute atomic E-state index is 0.117. The number of nitrogens with two attached hydrogens (primary N) is 1. The summed E-state index contributed by atoms with van der Waals surface area (Å²) in [6, 6.07) is 2.49. The summed E-state index contributed by atoms with van der Waals surface area (Å²) in [6.07, 6.45) is -2.78. The van der Waals surface area contributed by atoms with E-state index in [9.17, 15) is 22.0 Å². The molecule has 2 aliphatic rings. The Bertz CT molecular complexity index is 819. The molecule has 2 heterocycles. The van der Waals surface area contributed by atoms with Crippen molar-refractivity contribution in [2.45, 2.75) is 44.3 Å². The second-order valence-electron chi connectivity index (χ2n) is 6.97. The van der Waals surface area contributed by atoms with Crippen LogP contribution in [-0.4, -0.2) is 21.2 Å². The largest absolute Gasteiger partial charge is 0.419 e. The van der Waals surface area contributed by atoms with Gasteiger partial charge in [0, 0.05) is 23.4 Å². The molecule has 0 bridgehead atoms. The molecule has 0 saturated heterocycles. The lowest BCUT2D eigenvalue weighted by atomic mass is 10.1. The lowest BCUT2D eigenvalue weighted by Gasteiger charge is -2.10. The van der Waals surface area contributed by atoms with Crippen molar-refractivity contribution in [3.63, 3.8) is 0 Å². The molecule has 2 aliphatic carbocycles. The minimum atomic E-state index is -4.64. The molecule has 2 aromatic heterocycles. The Morgan fingerprint density at radius 1 is 1.19 bits per heavy atom. The maximum atomic E-state index is 13.1. The molecule has 0 spiro atoms. The van der Waals surface area contributed by atoms with Crippen molar-refractivity contribution < 1.29 is 22.0 Å². The average Bonchev–Trinajstić information content (AvgIpc) is 2.90. The summed E-state index contributed by atoms with van der Waals surface area (Å²) < 4.78 is 66.2. The molecule has 2 saturated carbocycles. The SMILES string of the molecule is Nc1ncc(-c2cc([C@H]3[C@@H]4CCC[C@@H]43)n(CC(F)F)n2)cc1C(F)(F)F. The molecule has 2 N–H and O–H groups in total. The zero-order valence-corrected chi connectivity index (χ0v) is 13.7. The van der Waals surface area contributed by atoms with Gasteiger partial charge >= 0.3 is 6.18 Å². The van der Waals surface area contributed by atoms with E-state index in [4.69, 9.17) is 5.73 Å². The first-order chi connectivity index (χ1) is 12.3. The fraction of sp³-hybridized carbons (Fsp3) is 0.529.